The molecule has 162 valence electrons. The highest BCUT2D eigenvalue weighted by atomic mass is 16.5. The van der Waals surface area contributed by atoms with Gasteiger partial charge in [0.15, 0.2) is 12.2 Å². The Labute approximate surface area is 176 Å². The smallest absolute Gasteiger partial charge is 0.419 e. The Kier molecular flexibility index (Phi) is 7.05. The van der Waals surface area contributed by atoms with Crippen LogP contribution in [-0.2, 0) is 20.9 Å². The summed E-state index contributed by atoms with van der Waals surface area (Å²) < 4.78 is 16.4. The predicted octanol–water partition coefficient (Wildman–Crippen LogP) is 2.27. The summed E-state index contributed by atoms with van der Waals surface area (Å²) in [6.45, 7) is -0.329. The predicted molar refractivity (Wildman–Crippen MR) is 111 cm³/mol. The molecule has 0 aliphatic heterocycles. The van der Waals surface area contributed by atoms with Gasteiger partial charge >= 0.3 is 17.8 Å². The van der Waals surface area contributed by atoms with Crippen LogP contribution >= 0.6 is 0 Å². The number of nitrogens with zero attached hydrogens (tertiary/aromatic N) is 1. The van der Waals surface area contributed by atoms with E-state index in [0.29, 0.717) is 29.0 Å². The van der Waals surface area contributed by atoms with Crippen LogP contribution in [0.25, 0.3) is 11.1 Å². The Morgan fingerprint density at radius 1 is 1.06 bits per heavy atom. The van der Waals surface area contributed by atoms with Crippen LogP contribution < -0.4 is 21.1 Å². The number of imide groups is 1. The van der Waals surface area contributed by atoms with Gasteiger partial charge in [-0.25, -0.2) is 9.59 Å². The molecular formula is C21H21N3O7. The maximum absolute atomic E-state index is 11.9. The van der Waals surface area contributed by atoms with E-state index >= 15 is 0 Å². The molecule has 0 bridgehead atoms. The Morgan fingerprint density at radius 2 is 1.81 bits per heavy atom. The number of benzene rings is 2. The molecule has 0 unspecified atom stereocenters. The van der Waals surface area contributed by atoms with Crippen molar-refractivity contribution in [2.45, 2.75) is 19.4 Å². The molecule has 10 nitrogen and oxygen atoms in total. The molecule has 2 aromatic carbocycles. The maximum atomic E-state index is 11.9. The summed E-state index contributed by atoms with van der Waals surface area (Å²) in [5.41, 5.74) is 1.58. The lowest BCUT2D eigenvalue weighted by Crippen LogP contribution is -2.37. The molecule has 0 aliphatic carbocycles. The fourth-order valence-corrected chi connectivity index (χ4v) is 2.82. The summed E-state index contributed by atoms with van der Waals surface area (Å²) in [4.78, 5) is 47.3. The minimum atomic E-state index is -0.767. The zero-order valence-corrected chi connectivity index (χ0v) is 16.8. The van der Waals surface area contributed by atoms with E-state index in [2.05, 4.69) is 10.6 Å². The number of aromatic nitrogens is 1. The highest BCUT2D eigenvalue weighted by molar-refractivity contribution is 6.01. The normalized spacial score (nSPS) is 10.5. The van der Waals surface area contributed by atoms with Crippen molar-refractivity contribution >= 4 is 34.7 Å². The summed E-state index contributed by atoms with van der Waals surface area (Å²) in [6, 6.07) is 12.7. The molecule has 31 heavy (non-hydrogen) atoms. The zero-order valence-electron chi connectivity index (χ0n) is 16.8. The number of anilines is 1. The highest BCUT2D eigenvalue weighted by Gasteiger charge is 2.13. The van der Waals surface area contributed by atoms with Gasteiger partial charge < -0.3 is 19.2 Å². The first-order chi connectivity index (χ1) is 15.0. The third-order valence-electron chi connectivity index (χ3n) is 4.30. The second-order valence-electron chi connectivity index (χ2n) is 6.48. The van der Waals surface area contributed by atoms with Crippen molar-refractivity contribution < 1.29 is 28.3 Å². The zero-order chi connectivity index (χ0) is 22.2. The van der Waals surface area contributed by atoms with Crippen molar-refractivity contribution in [2.24, 2.45) is 0 Å². The van der Waals surface area contributed by atoms with Crippen LogP contribution in [-0.4, -0.2) is 36.2 Å². The topological polar surface area (TPSA) is 129 Å². The van der Waals surface area contributed by atoms with Crippen LogP contribution in [0.3, 0.4) is 0 Å². The van der Waals surface area contributed by atoms with Crippen LogP contribution in [0.4, 0.5) is 10.5 Å². The van der Waals surface area contributed by atoms with Gasteiger partial charge in [-0.1, -0.05) is 12.1 Å². The van der Waals surface area contributed by atoms with Crippen LogP contribution in [0.15, 0.2) is 57.7 Å². The van der Waals surface area contributed by atoms with Crippen LogP contribution in [0.1, 0.15) is 12.8 Å². The van der Waals surface area contributed by atoms with Gasteiger partial charge in [0.05, 0.1) is 12.6 Å². The van der Waals surface area contributed by atoms with Gasteiger partial charge in [-0.05, 0) is 42.8 Å². The third kappa shape index (κ3) is 5.95. The molecule has 0 saturated heterocycles. The molecule has 10 heteroatoms. The molecule has 1 aromatic heterocycles. The molecule has 3 amide bonds. The fourth-order valence-electron chi connectivity index (χ4n) is 2.82. The minimum absolute atomic E-state index is 0.00271. The Bertz CT molecular complexity index is 1130. The first kappa shape index (κ1) is 21.6. The number of hydrogen-bond acceptors (Lipinski definition) is 7. The lowest BCUT2D eigenvalue weighted by molar-refractivity contribution is -0.148. The first-order valence-corrected chi connectivity index (χ1v) is 9.45. The lowest BCUT2D eigenvalue weighted by Gasteiger charge is -2.08. The van der Waals surface area contributed by atoms with E-state index in [-0.39, 0.29) is 13.0 Å². The van der Waals surface area contributed by atoms with Gasteiger partial charge in [0.1, 0.15) is 5.75 Å². The number of nitrogens with one attached hydrogen (secondary N) is 2. The van der Waals surface area contributed by atoms with E-state index in [1.807, 2.05) is 0 Å². The van der Waals surface area contributed by atoms with Gasteiger partial charge in [-0.3, -0.25) is 19.5 Å². The number of oxazole rings is 1. The average molecular weight is 427 g/mol. The van der Waals surface area contributed by atoms with Gasteiger partial charge in [0, 0.05) is 18.7 Å². The van der Waals surface area contributed by atoms with Crippen molar-refractivity contribution in [3.05, 3.63) is 59.1 Å². The fraction of sp³-hybridized carbons (Fsp3) is 0.238. The van der Waals surface area contributed by atoms with E-state index in [1.165, 1.54) is 11.7 Å². The monoisotopic (exact) mass is 427 g/mol. The maximum Gasteiger partial charge on any atom is 0.419 e. The molecule has 3 aromatic rings. The standard InChI is InChI=1S/C21H21N3O7/c1-29-15-10-8-14(9-11-15)22-20(27)23-18(25)13-30-19(26)7-4-12-24-16-5-2-3-6-17(16)31-21(24)28/h2-3,5-6,8-11H,4,7,12-13H2,1H3,(H2,22,23,25,27). The molecule has 0 atom stereocenters. The van der Waals surface area contributed by atoms with E-state index < -0.39 is 30.3 Å². The summed E-state index contributed by atoms with van der Waals surface area (Å²) in [5, 5.41) is 4.54. The Balaban J connectivity index is 1.37. The van der Waals surface area contributed by atoms with Gasteiger partial charge in [0.2, 0.25) is 0 Å². The largest absolute Gasteiger partial charge is 0.497 e. The lowest BCUT2D eigenvalue weighted by atomic mass is 10.3. The molecule has 3 rings (SSSR count). The van der Waals surface area contributed by atoms with Gasteiger partial charge in [0.25, 0.3) is 5.91 Å². The van der Waals surface area contributed by atoms with E-state index in [9.17, 15) is 19.2 Å². The number of carbonyl (C=O) groups is 3. The molecular weight excluding hydrogens is 406 g/mol. The Hall–Kier alpha value is -4.08. The van der Waals surface area contributed by atoms with Crippen molar-refractivity contribution in [3.63, 3.8) is 0 Å². The quantitative estimate of drug-likeness (QED) is 0.528. The summed E-state index contributed by atoms with van der Waals surface area (Å²) >= 11 is 0. The van der Waals surface area contributed by atoms with Crippen molar-refractivity contribution in [2.75, 3.05) is 19.0 Å². The number of rotatable bonds is 8. The number of carbonyl (C=O) groups excluding carboxylic acids is 3. The second-order valence-corrected chi connectivity index (χ2v) is 6.48. The van der Waals surface area contributed by atoms with E-state index in [1.54, 1.807) is 48.5 Å². The number of urea groups is 1. The Morgan fingerprint density at radius 3 is 2.55 bits per heavy atom. The number of esters is 1. The van der Waals surface area contributed by atoms with Crippen molar-refractivity contribution in [1.29, 1.82) is 0 Å². The number of hydrogen-bond donors (Lipinski definition) is 2. The minimum Gasteiger partial charge on any atom is -0.497 e. The number of para-hydroxylation sites is 2. The van der Waals surface area contributed by atoms with Gasteiger partial charge in [-0.15, -0.1) is 0 Å². The van der Waals surface area contributed by atoms with Crippen molar-refractivity contribution in [1.82, 2.24) is 9.88 Å². The molecule has 0 fully saturated rings. The number of methoxy groups -OCH3 is 1. The van der Waals surface area contributed by atoms with Crippen LogP contribution in [0, 0.1) is 0 Å². The second kappa shape index (κ2) is 10.1. The van der Waals surface area contributed by atoms with E-state index in [0.717, 1.165) is 0 Å². The van der Waals surface area contributed by atoms with Crippen molar-refractivity contribution in [3.8, 4) is 5.75 Å². The molecule has 2 N–H and O–H groups in total. The molecule has 0 spiro atoms. The summed E-state index contributed by atoms with van der Waals surface area (Å²) in [5.74, 6) is -1.26. The number of aryl methyl sites for hydroxylation is 1. The van der Waals surface area contributed by atoms with Crippen LogP contribution in [0.5, 0.6) is 5.75 Å². The number of amides is 3. The summed E-state index contributed by atoms with van der Waals surface area (Å²) in [7, 11) is 1.52. The van der Waals surface area contributed by atoms with Crippen LogP contribution in [0.2, 0.25) is 0 Å². The first-order valence-electron chi connectivity index (χ1n) is 9.45. The number of ether oxygens (including phenoxy) is 2. The molecule has 0 saturated carbocycles. The SMILES string of the molecule is COc1ccc(NC(=O)NC(=O)COC(=O)CCCn2c(=O)oc3ccccc32)cc1. The summed E-state index contributed by atoms with van der Waals surface area (Å²) in [6.07, 6.45) is 0.319. The highest BCUT2D eigenvalue weighted by Crippen LogP contribution is 2.15. The molecule has 0 radical (unpaired) electrons. The number of fused-ring (bicyclic) bond motifs is 1. The third-order valence-corrected chi connectivity index (χ3v) is 4.30. The van der Waals surface area contributed by atoms with E-state index in [4.69, 9.17) is 13.9 Å². The van der Waals surface area contributed by atoms with Gasteiger partial charge in [-0.2, -0.15) is 0 Å². The molecule has 1 heterocycles. The average Bonchev–Trinajstić information content (AvgIpc) is 3.08. The molecule has 0 aliphatic rings.